The molecule has 2 aliphatic rings. The molecule has 0 unspecified atom stereocenters. The molecular weight excluding hydrogens is 333 g/mol. The number of nitrogens with one attached hydrogen (secondary N) is 1. The van der Waals surface area contributed by atoms with Crippen LogP contribution in [0.4, 0.5) is 0 Å². The summed E-state index contributed by atoms with van der Waals surface area (Å²) in [7, 11) is -1.35. The topological polar surface area (TPSA) is 119 Å². The van der Waals surface area contributed by atoms with E-state index in [2.05, 4.69) is 28.4 Å². The third kappa shape index (κ3) is 4.10. The first kappa shape index (κ1) is 19.3. The molecule has 8 heteroatoms. The van der Waals surface area contributed by atoms with Gasteiger partial charge in [0, 0.05) is 31.6 Å². The van der Waals surface area contributed by atoms with E-state index >= 15 is 0 Å². The van der Waals surface area contributed by atoms with Crippen LogP contribution in [0.25, 0.3) is 0 Å². The van der Waals surface area contributed by atoms with Gasteiger partial charge in [-0.3, -0.25) is 9.69 Å². The van der Waals surface area contributed by atoms with Crippen molar-refractivity contribution in [1.29, 1.82) is 0 Å². The molecule has 2 heterocycles. The minimum absolute atomic E-state index is 0.177. The fraction of sp³-hybridized carbons (Fsp3) is 0.611. The molecule has 0 aliphatic carbocycles. The number of carbonyl (C=O) groups is 1. The summed E-state index contributed by atoms with van der Waals surface area (Å²) in [5.41, 5.74) is 7.61. The van der Waals surface area contributed by atoms with Crippen molar-refractivity contribution in [3.8, 4) is 0 Å². The predicted octanol–water partition coefficient (Wildman–Crippen LogP) is -0.160. The maximum Gasteiger partial charge on any atom is 0.451 e. The quantitative estimate of drug-likeness (QED) is 0.428. The zero-order valence-electron chi connectivity index (χ0n) is 15.0. The first-order chi connectivity index (χ1) is 12.4. The molecule has 26 heavy (non-hydrogen) atoms. The SMILES string of the molecule is N[C@@]1(C(=O)O)CN(C[C@H]2NCCc3ccccc32)C[C@@H]1CCCB(O)O. The lowest BCUT2D eigenvalue weighted by atomic mass is 9.78. The Labute approximate surface area is 154 Å². The van der Waals surface area contributed by atoms with Gasteiger partial charge < -0.3 is 26.2 Å². The highest BCUT2D eigenvalue weighted by atomic mass is 16.4. The number of hydrogen-bond donors (Lipinski definition) is 5. The Morgan fingerprint density at radius 1 is 1.38 bits per heavy atom. The third-order valence-corrected chi connectivity index (χ3v) is 5.76. The van der Waals surface area contributed by atoms with Crippen molar-refractivity contribution in [2.45, 2.75) is 37.2 Å². The van der Waals surface area contributed by atoms with E-state index in [0.717, 1.165) is 19.5 Å². The highest BCUT2D eigenvalue weighted by molar-refractivity contribution is 6.40. The fourth-order valence-electron chi connectivity index (χ4n) is 4.33. The molecule has 1 aromatic carbocycles. The lowest BCUT2D eigenvalue weighted by Gasteiger charge is -2.30. The largest absolute Gasteiger partial charge is 0.480 e. The molecule has 0 radical (unpaired) electrons. The Bertz CT molecular complexity index is 645. The van der Waals surface area contributed by atoms with Gasteiger partial charge in [-0.25, -0.2) is 0 Å². The molecule has 0 saturated carbocycles. The number of nitrogens with zero attached hydrogens (tertiary/aromatic N) is 1. The van der Waals surface area contributed by atoms with Crippen molar-refractivity contribution in [3.05, 3.63) is 35.4 Å². The third-order valence-electron chi connectivity index (χ3n) is 5.76. The lowest BCUT2D eigenvalue weighted by molar-refractivity contribution is -0.144. The van der Waals surface area contributed by atoms with E-state index in [9.17, 15) is 9.90 Å². The average molecular weight is 361 g/mol. The summed E-state index contributed by atoms with van der Waals surface area (Å²) in [6.45, 7) is 2.57. The number of hydrogen-bond acceptors (Lipinski definition) is 6. The molecule has 0 bridgehead atoms. The zero-order valence-corrected chi connectivity index (χ0v) is 15.0. The highest BCUT2D eigenvalue weighted by Crippen LogP contribution is 2.32. The van der Waals surface area contributed by atoms with Crippen LogP contribution in [0.3, 0.4) is 0 Å². The lowest BCUT2D eigenvalue weighted by Crippen LogP contribution is -2.55. The molecule has 7 nitrogen and oxygen atoms in total. The van der Waals surface area contributed by atoms with Gasteiger partial charge in [0.05, 0.1) is 0 Å². The summed E-state index contributed by atoms with van der Waals surface area (Å²) in [4.78, 5) is 13.9. The Kier molecular flexibility index (Phi) is 5.99. The monoisotopic (exact) mass is 361 g/mol. The Morgan fingerprint density at radius 2 is 2.15 bits per heavy atom. The standard InChI is InChI=1S/C18H28BN3O4/c20-18(17(23)24)12-22(10-14(18)5-3-8-19(25)26)11-16-15-6-2-1-4-13(15)7-9-21-16/h1-2,4,6,14,16,21,25-26H,3,5,7-12,20H2,(H,23,24)/t14-,16+,18-/m0/s1. The normalized spacial score (nSPS) is 28.7. The number of benzene rings is 1. The van der Waals surface area contributed by atoms with Gasteiger partial charge >= 0.3 is 13.1 Å². The average Bonchev–Trinajstić information content (AvgIpc) is 2.92. The van der Waals surface area contributed by atoms with Gasteiger partial charge in [-0.15, -0.1) is 0 Å². The van der Waals surface area contributed by atoms with E-state index in [4.69, 9.17) is 15.8 Å². The smallest absolute Gasteiger partial charge is 0.451 e. The van der Waals surface area contributed by atoms with E-state index < -0.39 is 18.6 Å². The van der Waals surface area contributed by atoms with E-state index in [1.807, 2.05) is 6.07 Å². The summed E-state index contributed by atoms with van der Waals surface area (Å²) in [6, 6.07) is 8.56. The van der Waals surface area contributed by atoms with Crippen molar-refractivity contribution < 1.29 is 19.9 Å². The Morgan fingerprint density at radius 3 is 2.88 bits per heavy atom. The number of aliphatic carboxylic acids is 1. The van der Waals surface area contributed by atoms with Crippen molar-refractivity contribution in [2.24, 2.45) is 11.7 Å². The molecule has 142 valence electrons. The minimum atomic E-state index is -1.35. The molecule has 2 aliphatic heterocycles. The van der Waals surface area contributed by atoms with Gasteiger partial charge in [-0.05, 0) is 36.8 Å². The van der Waals surface area contributed by atoms with Crippen LogP contribution in [0, 0.1) is 5.92 Å². The van der Waals surface area contributed by atoms with Gasteiger partial charge in [-0.2, -0.15) is 0 Å². The van der Waals surface area contributed by atoms with Crippen LogP contribution in [-0.4, -0.2) is 64.9 Å². The second-order valence-corrected chi connectivity index (χ2v) is 7.60. The number of fused-ring (bicyclic) bond motifs is 1. The molecule has 1 saturated heterocycles. The second-order valence-electron chi connectivity index (χ2n) is 7.60. The van der Waals surface area contributed by atoms with Crippen LogP contribution in [0.1, 0.15) is 30.0 Å². The number of carboxylic acids is 1. The summed E-state index contributed by atoms with van der Waals surface area (Å²) in [5, 5.41) is 31.2. The molecule has 1 fully saturated rings. The van der Waals surface area contributed by atoms with Gasteiger partial charge in [0.15, 0.2) is 0 Å². The summed E-state index contributed by atoms with van der Waals surface area (Å²) >= 11 is 0. The van der Waals surface area contributed by atoms with E-state index in [1.54, 1.807) is 0 Å². The molecular formula is C18H28BN3O4. The van der Waals surface area contributed by atoms with Gasteiger partial charge in [0.2, 0.25) is 0 Å². The van der Waals surface area contributed by atoms with Crippen molar-refractivity contribution in [3.63, 3.8) is 0 Å². The first-order valence-corrected chi connectivity index (χ1v) is 9.32. The van der Waals surface area contributed by atoms with Crippen LogP contribution in [-0.2, 0) is 11.2 Å². The summed E-state index contributed by atoms with van der Waals surface area (Å²) in [5.74, 6) is -1.18. The van der Waals surface area contributed by atoms with Crippen LogP contribution in [0.15, 0.2) is 24.3 Å². The molecule has 1 aromatic rings. The molecule has 0 aromatic heterocycles. The summed E-state index contributed by atoms with van der Waals surface area (Å²) < 4.78 is 0. The zero-order chi connectivity index (χ0) is 18.7. The van der Waals surface area contributed by atoms with Crippen LogP contribution in [0.5, 0.6) is 0 Å². The van der Waals surface area contributed by atoms with E-state index in [1.165, 1.54) is 11.1 Å². The fourth-order valence-corrected chi connectivity index (χ4v) is 4.33. The van der Waals surface area contributed by atoms with Gasteiger partial charge in [-0.1, -0.05) is 30.7 Å². The van der Waals surface area contributed by atoms with Crippen LogP contribution < -0.4 is 11.1 Å². The number of rotatable bonds is 7. The van der Waals surface area contributed by atoms with Crippen molar-refractivity contribution in [1.82, 2.24) is 10.2 Å². The van der Waals surface area contributed by atoms with E-state index in [0.29, 0.717) is 25.9 Å². The summed E-state index contributed by atoms with van der Waals surface area (Å²) in [6.07, 6.45) is 2.37. The number of likely N-dealkylation sites (tertiary alicyclic amines) is 1. The molecule has 3 rings (SSSR count). The predicted molar refractivity (Wildman–Crippen MR) is 99.6 cm³/mol. The maximum absolute atomic E-state index is 11.8. The molecule has 0 spiro atoms. The second kappa shape index (κ2) is 8.06. The van der Waals surface area contributed by atoms with Crippen molar-refractivity contribution in [2.75, 3.05) is 26.2 Å². The van der Waals surface area contributed by atoms with Gasteiger partial charge in [0.1, 0.15) is 5.54 Å². The Balaban J connectivity index is 1.67. The Hall–Kier alpha value is -1.45. The van der Waals surface area contributed by atoms with E-state index in [-0.39, 0.29) is 18.3 Å². The number of nitrogens with two attached hydrogens (primary N) is 1. The van der Waals surface area contributed by atoms with Crippen LogP contribution >= 0.6 is 0 Å². The van der Waals surface area contributed by atoms with Crippen molar-refractivity contribution >= 4 is 13.1 Å². The molecule has 6 N–H and O–H groups in total. The minimum Gasteiger partial charge on any atom is -0.480 e. The van der Waals surface area contributed by atoms with Crippen LogP contribution in [0.2, 0.25) is 6.32 Å². The van der Waals surface area contributed by atoms with Gasteiger partial charge in [0.25, 0.3) is 0 Å². The molecule has 0 amide bonds. The molecule has 3 atom stereocenters. The highest BCUT2D eigenvalue weighted by Gasteiger charge is 2.49. The first-order valence-electron chi connectivity index (χ1n) is 9.32. The number of carboxylic acid groups (broad SMARTS) is 1. The maximum atomic E-state index is 11.8.